The highest BCUT2D eigenvalue weighted by Gasteiger charge is 2.19. The third-order valence-corrected chi connectivity index (χ3v) is 4.91. The number of hydrogen-bond acceptors (Lipinski definition) is 5. The van der Waals surface area contributed by atoms with Crippen molar-refractivity contribution in [2.75, 3.05) is 40.5 Å². The standard InChI is InChI=1S/C13H18N4O2S/c1-2-13(18)16-12-9-10(3-4-11(12)14)17-5-7-20(15,19)8-6-17/h2-4,9,15H,1,5-8,14H2,(H,16,18). The zero-order valence-electron chi connectivity index (χ0n) is 11.1. The van der Waals surface area contributed by atoms with Crippen molar-refractivity contribution in [3.8, 4) is 0 Å². The molecule has 1 aliphatic heterocycles. The minimum atomic E-state index is -2.41. The van der Waals surface area contributed by atoms with Crippen LogP contribution in [0.4, 0.5) is 17.1 Å². The van der Waals surface area contributed by atoms with E-state index in [2.05, 4.69) is 11.9 Å². The molecule has 7 heteroatoms. The maximum atomic E-state index is 11.6. The third kappa shape index (κ3) is 3.30. The molecule has 20 heavy (non-hydrogen) atoms. The minimum absolute atomic E-state index is 0.318. The van der Waals surface area contributed by atoms with Crippen LogP contribution in [0.1, 0.15) is 0 Å². The zero-order valence-corrected chi connectivity index (χ0v) is 11.9. The summed E-state index contributed by atoms with van der Waals surface area (Å²) in [5, 5.41) is 2.65. The molecule has 0 bridgehead atoms. The third-order valence-electron chi connectivity index (χ3n) is 3.23. The van der Waals surface area contributed by atoms with Gasteiger partial charge in [0.2, 0.25) is 5.91 Å². The second-order valence-electron chi connectivity index (χ2n) is 4.67. The van der Waals surface area contributed by atoms with E-state index in [1.54, 1.807) is 12.1 Å². The number of amides is 1. The predicted molar refractivity (Wildman–Crippen MR) is 82.5 cm³/mol. The molecule has 0 atom stereocenters. The molecule has 1 amide bonds. The number of carbonyl (C=O) groups excluding carboxylic acids is 1. The molecule has 108 valence electrons. The number of carbonyl (C=O) groups is 1. The van der Waals surface area contributed by atoms with Gasteiger partial charge >= 0.3 is 0 Å². The molecule has 0 aliphatic carbocycles. The van der Waals surface area contributed by atoms with Crippen molar-refractivity contribution in [2.24, 2.45) is 0 Å². The Labute approximate surface area is 118 Å². The van der Waals surface area contributed by atoms with Crippen LogP contribution in [-0.2, 0) is 14.5 Å². The number of anilines is 3. The lowest BCUT2D eigenvalue weighted by Gasteiger charge is -2.30. The molecule has 1 aromatic carbocycles. The molecule has 1 aliphatic rings. The fraction of sp³-hybridized carbons (Fsp3) is 0.308. The maximum absolute atomic E-state index is 11.6. The van der Waals surface area contributed by atoms with Gasteiger partial charge in [0.05, 0.1) is 11.4 Å². The van der Waals surface area contributed by atoms with Crippen LogP contribution in [0.5, 0.6) is 0 Å². The Bertz CT molecular complexity index is 626. The summed E-state index contributed by atoms with van der Waals surface area (Å²) in [4.78, 5) is 13.4. The van der Waals surface area contributed by atoms with E-state index < -0.39 is 9.73 Å². The molecule has 0 unspecified atom stereocenters. The van der Waals surface area contributed by atoms with E-state index >= 15 is 0 Å². The van der Waals surface area contributed by atoms with Gasteiger partial charge in [0.1, 0.15) is 0 Å². The van der Waals surface area contributed by atoms with Crippen LogP contribution in [0, 0.1) is 4.78 Å². The van der Waals surface area contributed by atoms with Gasteiger partial charge in [-0.25, -0.2) is 4.21 Å². The quantitative estimate of drug-likeness (QED) is 0.577. The fourth-order valence-corrected chi connectivity index (χ4v) is 3.26. The first-order valence-corrected chi connectivity index (χ1v) is 8.13. The van der Waals surface area contributed by atoms with Crippen LogP contribution in [0.3, 0.4) is 0 Å². The smallest absolute Gasteiger partial charge is 0.247 e. The van der Waals surface area contributed by atoms with Crippen LogP contribution in [0.2, 0.25) is 0 Å². The van der Waals surface area contributed by atoms with E-state index in [0.29, 0.717) is 36.0 Å². The summed E-state index contributed by atoms with van der Waals surface area (Å²) in [7, 11) is -2.41. The Morgan fingerprint density at radius 3 is 2.70 bits per heavy atom. The molecule has 0 saturated carbocycles. The number of nitrogens with one attached hydrogen (secondary N) is 2. The average Bonchev–Trinajstić information content (AvgIpc) is 2.41. The molecular weight excluding hydrogens is 276 g/mol. The van der Waals surface area contributed by atoms with Crippen molar-refractivity contribution in [3.63, 3.8) is 0 Å². The van der Waals surface area contributed by atoms with Crippen molar-refractivity contribution in [3.05, 3.63) is 30.9 Å². The highest BCUT2D eigenvalue weighted by molar-refractivity contribution is 7.92. The molecular formula is C13H18N4O2S. The first-order valence-electron chi connectivity index (χ1n) is 6.23. The summed E-state index contributed by atoms with van der Waals surface area (Å²) in [5.74, 6) is 0.416. The number of benzene rings is 1. The Morgan fingerprint density at radius 2 is 2.10 bits per heavy atom. The average molecular weight is 294 g/mol. The first kappa shape index (κ1) is 14.4. The largest absolute Gasteiger partial charge is 0.397 e. The van der Waals surface area contributed by atoms with Crippen molar-refractivity contribution < 1.29 is 9.00 Å². The van der Waals surface area contributed by atoms with Gasteiger partial charge in [0.25, 0.3) is 0 Å². The molecule has 1 aromatic rings. The molecule has 0 radical (unpaired) electrons. The van der Waals surface area contributed by atoms with Crippen molar-refractivity contribution >= 4 is 32.7 Å². The van der Waals surface area contributed by atoms with Gasteiger partial charge in [-0.3, -0.25) is 9.57 Å². The normalized spacial score (nSPS) is 17.5. The molecule has 1 fully saturated rings. The SMILES string of the molecule is C=CC(=O)Nc1cc(N2CCS(=N)(=O)CC2)ccc1N. The number of nitrogens with zero attached hydrogens (tertiary/aromatic N) is 1. The van der Waals surface area contributed by atoms with Crippen molar-refractivity contribution in [1.29, 1.82) is 4.78 Å². The van der Waals surface area contributed by atoms with Gasteiger partial charge in [-0.2, -0.15) is 0 Å². The Balaban J connectivity index is 2.19. The van der Waals surface area contributed by atoms with Gasteiger partial charge < -0.3 is 16.0 Å². The Kier molecular flexibility index (Phi) is 3.99. The number of hydrogen-bond donors (Lipinski definition) is 3. The molecule has 1 heterocycles. The summed E-state index contributed by atoms with van der Waals surface area (Å²) in [5.41, 5.74) is 7.73. The summed E-state index contributed by atoms with van der Waals surface area (Å²) in [6, 6.07) is 5.37. The highest BCUT2D eigenvalue weighted by Crippen LogP contribution is 2.26. The number of nitrogen functional groups attached to an aromatic ring is 1. The van der Waals surface area contributed by atoms with E-state index in [9.17, 15) is 9.00 Å². The fourth-order valence-electron chi connectivity index (χ4n) is 2.02. The van der Waals surface area contributed by atoms with Crippen molar-refractivity contribution in [2.45, 2.75) is 0 Å². The van der Waals surface area contributed by atoms with Gasteiger partial charge in [-0.1, -0.05) is 6.58 Å². The second-order valence-corrected chi connectivity index (χ2v) is 7.11. The highest BCUT2D eigenvalue weighted by atomic mass is 32.2. The van der Waals surface area contributed by atoms with Gasteiger partial charge in [-0.15, -0.1) is 0 Å². The molecule has 1 saturated heterocycles. The van der Waals surface area contributed by atoms with E-state index in [1.165, 1.54) is 6.08 Å². The minimum Gasteiger partial charge on any atom is -0.397 e. The molecule has 2 rings (SSSR count). The predicted octanol–water partition coefficient (Wildman–Crippen LogP) is 1.26. The lowest BCUT2D eigenvalue weighted by atomic mass is 10.2. The number of nitrogens with two attached hydrogens (primary N) is 1. The van der Waals surface area contributed by atoms with Crippen LogP contribution in [-0.4, -0.2) is 34.7 Å². The van der Waals surface area contributed by atoms with Crippen LogP contribution >= 0.6 is 0 Å². The van der Waals surface area contributed by atoms with Gasteiger partial charge in [-0.05, 0) is 24.3 Å². The zero-order chi connectivity index (χ0) is 14.8. The monoisotopic (exact) mass is 294 g/mol. The van der Waals surface area contributed by atoms with E-state index in [-0.39, 0.29) is 5.91 Å². The van der Waals surface area contributed by atoms with Crippen LogP contribution in [0.25, 0.3) is 0 Å². The summed E-state index contributed by atoms with van der Waals surface area (Å²) in [6.45, 7) is 4.54. The van der Waals surface area contributed by atoms with Crippen LogP contribution < -0.4 is 16.0 Å². The Hall–Kier alpha value is -2.02. The summed E-state index contributed by atoms with van der Waals surface area (Å²) < 4.78 is 19.2. The van der Waals surface area contributed by atoms with Crippen LogP contribution in [0.15, 0.2) is 30.9 Å². The summed E-state index contributed by atoms with van der Waals surface area (Å²) >= 11 is 0. The van der Waals surface area contributed by atoms with E-state index in [0.717, 1.165) is 5.69 Å². The van der Waals surface area contributed by atoms with Gasteiger partial charge in [0.15, 0.2) is 0 Å². The lowest BCUT2D eigenvalue weighted by Crippen LogP contribution is -2.39. The van der Waals surface area contributed by atoms with Gasteiger partial charge in [0, 0.05) is 40.0 Å². The molecule has 6 nitrogen and oxygen atoms in total. The Morgan fingerprint density at radius 1 is 1.45 bits per heavy atom. The van der Waals surface area contributed by atoms with E-state index in [1.807, 2.05) is 11.0 Å². The topological polar surface area (TPSA) is 99.3 Å². The van der Waals surface area contributed by atoms with Crippen molar-refractivity contribution in [1.82, 2.24) is 0 Å². The maximum Gasteiger partial charge on any atom is 0.247 e. The number of rotatable bonds is 3. The van der Waals surface area contributed by atoms with E-state index in [4.69, 9.17) is 10.5 Å². The molecule has 0 aromatic heterocycles. The molecule has 0 spiro atoms. The summed E-state index contributed by atoms with van der Waals surface area (Å²) in [6.07, 6.45) is 1.18. The molecule has 4 N–H and O–H groups in total. The lowest BCUT2D eigenvalue weighted by molar-refractivity contribution is -0.111. The second kappa shape index (κ2) is 5.54. The first-order chi connectivity index (χ1) is 9.41.